The summed E-state index contributed by atoms with van der Waals surface area (Å²) in [4.78, 5) is 71.7. The molecule has 6 aromatic rings. The first-order valence-corrected chi connectivity index (χ1v) is 25.6. The maximum Gasteiger partial charge on any atom is 0.355 e. The number of hydrogen-bond donors (Lipinski definition) is 3. The second-order valence-corrected chi connectivity index (χ2v) is 20.1. The predicted molar refractivity (Wildman–Crippen MR) is 275 cm³/mol. The van der Waals surface area contributed by atoms with Crippen molar-refractivity contribution < 1.29 is 33.8 Å². The molecule has 16 heteroatoms. The summed E-state index contributed by atoms with van der Waals surface area (Å²) < 4.78 is 14.0. The summed E-state index contributed by atoms with van der Waals surface area (Å²) in [5, 5.41) is 16.5. The Morgan fingerprint density at radius 1 is 0.803 bits per heavy atom. The molecule has 5 aliphatic rings. The van der Waals surface area contributed by atoms with E-state index in [1.807, 2.05) is 96.8 Å². The summed E-state index contributed by atoms with van der Waals surface area (Å²) >= 11 is 1.43. The second kappa shape index (κ2) is 20.0. The lowest BCUT2D eigenvalue weighted by Crippen LogP contribution is -2.47. The predicted octanol–water partition coefficient (Wildman–Crippen LogP) is 8.59. The number of carbonyl (C=O) groups excluding carboxylic acids is 3. The Bertz CT molecular complexity index is 3050. The number of ether oxygens (including phenoxy) is 2. The van der Waals surface area contributed by atoms with E-state index in [-0.39, 0.29) is 41.5 Å². The molecule has 364 valence electrons. The molecule has 4 aromatic carbocycles. The van der Waals surface area contributed by atoms with Crippen LogP contribution in [-0.4, -0.2) is 107 Å². The van der Waals surface area contributed by atoms with E-state index in [2.05, 4.69) is 31.5 Å². The Morgan fingerprint density at radius 3 is 2.41 bits per heavy atom. The highest BCUT2D eigenvalue weighted by Gasteiger charge is 2.37. The molecule has 0 spiro atoms. The molecule has 1 unspecified atom stereocenters. The molecular weight excluding hydrogens is 917 g/mol. The van der Waals surface area contributed by atoms with Gasteiger partial charge in [-0.15, -0.1) is 0 Å². The summed E-state index contributed by atoms with van der Waals surface area (Å²) in [5.41, 5.74) is 9.38. The number of carbonyl (C=O) groups is 4. The third-order valence-corrected chi connectivity index (χ3v) is 15.7. The minimum Gasteiger partial charge on any atom is -0.490 e. The van der Waals surface area contributed by atoms with Gasteiger partial charge in [0.2, 0.25) is 11.8 Å². The van der Waals surface area contributed by atoms with Crippen molar-refractivity contribution in [3.63, 3.8) is 0 Å². The van der Waals surface area contributed by atoms with Gasteiger partial charge in [-0.05, 0) is 117 Å². The fourth-order valence-electron chi connectivity index (χ4n) is 10.8. The number of nitrogens with zero attached hydrogens (tertiary/aromatic N) is 6. The third-order valence-electron chi connectivity index (χ3n) is 14.7. The first-order chi connectivity index (χ1) is 34.6. The average molecular weight is 973 g/mol. The smallest absolute Gasteiger partial charge is 0.355 e. The van der Waals surface area contributed by atoms with Crippen molar-refractivity contribution in [1.29, 1.82) is 0 Å². The van der Waals surface area contributed by atoms with E-state index in [4.69, 9.17) is 19.5 Å². The number of amides is 3. The van der Waals surface area contributed by atoms with Crippen molar-refractivity contribution in [3.05, 3.63) is 125 Å². The molecule has 15 nitrogen and oxygen atoms in total. The molecular formula is C55H56N8O7S. The van der Waals surface area contributed by atoms with Gasteiger partial charge in [0.1, 0.15) is 11.6 Å². The largest absolute Gasteiger partial charge is 0.490 e. The van der Waals surface area contributed by atoms with Gasteiger partial charge in [0.25, 0.3) is 5.91 Å². The average Bonchev–Trinajstić information content (AvgIpc) is 3.79. The minimum absolute atomic E-state index is 0.0333. The lowest BCUT2D eigenvalue weighted by atomic mass is 9.85. The van der Waals surface area contributed by atoms with E-state index in [1.165, 1.54) is 11.3 Å². The van der Waals surface area contributed by atoms with Crippen LogP contribution in [0.25, 0.3) is 21.3 Å². The number of piperidine rings is 1. The Morgan fingerprint density at radius 2 is 1.59 bits per heavy atom. The zero-order chi connectivity index (χ0) is 48.6. The number of fused-ring (bicyclic) bond motifs is 3. The number of pyridine rings is 1. The first kappa shape index (κ1) is 46.4. The normalized spacial score (nSPS) is 20.1. The molecule has 4 aliphatic heterocycles. The fraction of sp³-hybridized carbons (Fsp3) is 0.364. The summed E-state index contributed by atoms with van der Waals surface area (Å²) in [7, 11) is 0. The van der Waals surface area contributed by atoms with Crippen LogP contribution < -0.4 is 25.2 Å². The van der Waals surface area contributed by atoms with Crippen LogP contribution in [0.2, 0.25) is 0 Å². The van der Waals surface area contributed by atoms with Crippen molar-refractivity contribution in [1.82, 2.24) is 20.2 Å². The summed E-state index contributed by atoms with van der Waals surface area (Å²) in [6.45, 7) is 8.44. The van der Waals surface area contributed by atoms with Crippen molar-refractivity contribution in [3.8, 4) is 16.9 Å². The van der Waals surface area contributed by atoms with Crippen LogP contribution in [0.5, 0.6) is 5.75 Å². The maximum absolute atomic E-state index is 13.7. The van der Waals surface area contributed by atoms with E-state index in [0.717, 1.165) is 132 Å². The number of thiazole rings is 1. The number of aliphatic imine (C=N–C) groups is 1. The Labute approximate surface area is 415 Å². The van der Waals surface area contributed by atoms with Crippen molar-refractivity contribution in [2.75, 3.05) is 61.0 Å². The Kier molecular flexibility index (Phi) is 13.1. The fourth-order valence-corrected chi connectivity index (χ4v) is 11.7. The van der Waals surface area contributed by atoms with Crippen molar-refractivity contribution in [2.45, 2.75) is 77.0 Å². The van der Waals surface area contributed by atoms with Crippen LogP contribution >= 0.6 is 11.3 Å². The summed E-state index contributed by atoms with van der Waals surface area (Å²) in [6, 6.07) is 29.2. The number of carboxylic acid groups (broad SMARTS) is 1. The number of rotatable bonds is 14. The van der Waals surface area contributed by atoms with Crippen LogP contribution in [0, 0.1) is 12.8 Å². The molecule has 6 heterocycles. The van der Waals surface area contributed by atoms with Gasteiger partial charge < -0.3 is 24.4 Å². The number of aromatic nitrogens is 2. The van der Waals surface area contributed by atoms with Gasteiger partial charge in [0.15, 0.2) is 10.8 Å². The van der Waals surface area contributed by atoms with E-state index >= 15 is 0 Å². The number of para-hydroxylation sites is 2. The SMILES string of the molecule is Cc1c(OC2CCC(OCCCN3CCN(c4cccc5c4N=C5C4CCC(=O)NC4=O)CC3)CC2)cccc1-c1ccc(N2CCc3cccc(C(=O)Nc4nc5ccccc5s4)c3C2)nc1C(=O)O. The Hall–Kier alpha value is -7.01. The molecule has 3 fully saturated rings. The van der Waals surface area contributed by atoms with Crippen LogP contribution in [0.1, 0.15) is 88.0 Å². The zero-order valence-electron chi connectivity index (χ0n) is 39.7. The van der Waals surface area contributed by atoms with Crippen molar-refractivity contribution >= 4 is 73.3 Å². The van der Waals surface area contributed by atoms with E-state index in [1.54, 1.807) is 0 Å². The number of imide groups is 1. The maximum atomic E-state index is 13.7. The van der Waals surface area contributed by atoms with Crippen LogP contribution in [-0.2, 0) is 27.3 Å². The number of carboxylic acids is 1. The lowest BCUT2D eigenvalue weighted by Gasteiger charge is -2.38. The molecule has 1 saturated carbocycles. The van der Waals surface area contributed by atoms with Crippen LogP contribution in [0.15, 0.2) is 96.0 Å². The monoisotopic (exact) mass is 972 g/mol. The summed E-state index contributed by atoms with van der Waals surface area (Å²) in [6.07, 6.45) is 6.33. The van der Waals surface area contributed by atoms with Gasteiger partial charge in [0, 0.05) is 75.5 Å². The standard InChI is InChI=1S/C55H56N8O7S/c1-33-37(38-20-22-47(57-51(38)54(67)68)63-26-24-34-8-4-10-39(42(34)32-63)52(65)60-55-56-43-12-2-3-15-46(43)71-55)9-6-14-45(33)70-36-18-16-35(17-19-36)69-31-7-25-61-27-29-62(30-28-61)44-13-5-11-40-49(59-50(40)44)41-21-23-48(64)58-53(41)66/h2-6,8-15,20,22,35-36,41H,7,16-19,21,23-32H2,1H3,(H,67,68)(H,56,60,65)(H,58,64,66). The highest BCUT2D eigenvalue weighted by atomic mass is 32.1. The molecule has 3 N–H and O–H groups in total. The molecule has 2 aromatic heterocycles. The van der Waals surface area contributed by atoms with Gasteiger partial charge in [-0.2, -0.15) is 0 Å². The molecule has 11 rings (SSSR count). The highest BCUT2D eigenvalue weighted by Crippen LogP contribution is 2.43. The molecule has 0 bridgehead atoms. The number of piperazine rings is 1. The van der Waals surface area contributed by atoms with Gasteiger partial charge in [-0.25, -0.2) is 19.8 Å². The van der Waals surface area contributed by atoms with Gasteiger partial charge in [0.05, 0.1) is 45.4 Å². The Balaban J connectivity index is 0.650. The van der Waals surface area contributed by atoms with Gasteiger partial charge in [-0.3, -0.25) is 29.9 Å². The van der Waals surface area contributed by atoms with Crippen LogP contribution in [0.3, 0.4) is 0 Å². The number of benzene rings is 4. The first-order valence-electron chi connectivity index (χ1n) is 24.8. The van der Waals surface area contributed by atoms with Crippen LogP contribution in [0.4, 0.5) is 22.3 Å². The van der Waals surface area contributed by atoms with E-state index < -0.39 is 5.97 Å². The number of nitrogens with one attached hydrogen (secondary N) is 2. The van der Waals surface area contributed by atoms with Crippen molar-refractivity contribution in [2.24, 2.45) is 10.9 Å². The highest BCUT2D eigenvalue weighted by molar-refractivity contribution is 7.22. The minimum atomic E-state index is -1.11. The third kappa shape index (κ3) is 9.63. The molecule has 3 amide bonds. The zero-order valence-corrected chi connectivity index (χ0v) is 40.5. The quantitative estimate of drug-likeness (QED) is 0.0701. The molecule has 0 radical (unpaired) electrons. The van der Waals surface area contributed by atoms with Gasteiger partial charge >= 0.3 is 5.97 Å². The van der Waals surface area contributed by atoms with Gasteiger partial charge in [-0.1, -0.05) is 59.9 Å². The molecule has 71 heavy (non-hydrogen) atoms. The lowest BCUT2D eigenvalue weighted by molar-refractivity contribution is -0.134. The number of hydrogen-bond acceptors (Lipinski definition) is 13. The van der Waals surface area contributed by atoms with E-state index in [0.29, 0.717) is 54.4 Å². The topological polar surface area (TPSA) is 179 Å². The molecule has 1 atom stereocenters. The van der Waals surface area contributed by atoms with E-state index in [9.17, 15) is 24.3 Å². The second-order valence-electron chi connectivity index (χ2n) is 19.1. The number of anilines is 3. The molecule has 1 aliphatic carbocycles. The number of aromatic carboxylic acids is 1. The summed E-state index contributed by atoms with van der Waals surface area (Å²) in [5.74, 6) is -0.882. The molecule has 2 saturated heterocycles.